The van der Waals surface area contributed by atoms with Gasteiger partial charge in [0.2, 0.25) is 0 Å². The Kier molecular flexibility index (Phi) is 6.09. The van der Waals surface area contributed by atoms with E-state index < -0.39 is 46.1 Å². The van der Waals surface area contributed by atoms with Gasteiger partial charge in [0.25, 0.3) is 0 Å². The number of benzene rings is 1. The molecule has 4 aliphatic rings. The number of ketones is 1. The second-order valence-electron chi connectivity index (χ2n) is 12.0. The minimum Gasteiger partial charge on any atom is -0.458 e. The molecule has 0 spiro atoms. The molecule has 1 aromatic carbocycles. The molecule has 0 aliphatic heterocycles. The third kappa shape index (κ3) is 3.48. The molecule has 0 aromatic heterocycles. The quantitative estimate of drug-likeness (QED) is 0.332. The van der Waals surface area contributed by atoms with Crippen LogP contribution >= 0.6 is 0 Å². The third-order valence-corrected chi connectivity index (χ3v) is 10.4. The third-order valence-electron chi connectivity index (χ3n) is 10.4. The van der Waals surface area contributed by atoms with E-state index in [4.69, 9.17) is 4.74 Å². The molecule has 8 atom stereocenters. The summed E-state index contributed by atoms with van der Waals surface area (Å²) in [5.74, 6) is -1.47. The number of hydrogen-bond donors (Lipinski definition) is 3. The van der Waals surface area contributed by atoms with Crippen molar-refractivity contribution in [3.05, 3.63) is 53.6 Å². The lowest BCUT2D eigenvalue weighted by atomic mass is 9.43. The van der Waals surface area contributed by atoms with Gasteiger partial charge in [-0.05, 0) is 68.9 Å². The minimum atomic E-state index is -1.59. The molecule has 1 aromatic rings. The first-order chi connectivity index (χ1) is 17.0. The fourth-order valence-electron chi connectivity index (χ4n) is 8.34. The number of aliphatic hydroxyl groups excluding tert-OH is 1. The Hall–Kier alpha value is -2.28. The summed E-state index contributed by atoms with van der Waals surface area (Å²) >= 11 is 0. The number of ether oxygens (including phenoxy) is 1. The number of rotatable bonds is 4. The van der Waals surface area contributed by atoms with Crippen LogP contribution in [0.1, 0.15) is 71.3 Å². The maximum atomic E-state index is 13.1. The van der Waals surface area contributed by atoms with E-state index >= 15 is 0 Å². The summed E-state index contributed by atoms with van der Waals surface area (Å²) in [7, 11) is 0. The first-order valence-electron chi connectivity index (χ1n) is 13.2. The minimum absolute atomic E-state index is 0.0598. The molecule has 0 saturated heterocycles. The predicted octanol–water partition coefficient (Wildman–Crippen LogP) is 3.98. The van der Waals surface area contributed by atoms with E-state index in [2.05, 4.69) is 6.92 Å². The van der Waals surface area contributed by atoms with Crippen molar-refractivity contribution in [1.82, 2.24) is 0 Å². The van der Waals surface area contributed by atoms with Gasteiger partial charge in [-0.2, -0.15) is 0 Å². The highest BCUT2D eigenvalue weighted by Gasteiger charge is 2.77. The number of fused-ring (bicyclic) bond motifs is 5. The van der Waals surface area contributed by atoms with E-state index in [9.17, 15) is 24.9 Å². The first kappa shape index (κ1) is 25.4. The van der Waals surface area contributed by atoms with Gasteiger partial charge in [-0.1, -0.05) is 55.8 Å². The van der Waals surface area contributed by atoms with E-state index in [0.717, 1.165) is 11.1 Å². The molecule has 3 saturated carbocycles. The Morgan fingerprint density at radius 1 is 1.08 bits per heavy atom. The van der Waals surface area contributed by atoms with E-state index in [1.54, 1.807) is 6.08 Å². The SMILES string of the molecule is CC(=O)[C@@H]1CC[C@@]2(O)[C@]1(C)[C@H](OC(=O)C=Cc1ccccc1)C[C@@H]1[C@@]3(C)CC[C@H](O)CC3=CC[C@]12O. The van der Waals surface area contributed by atoms with Gasteiger partial charge < -0.3 is 20.1 Å². The number of Topliss-reactive ketones (excluding diaryl/α,β-unsaturated/α-hetero) is 1. The molecule has 0 radical (unpaired) electrons. The molecule has 194 valence electrons. The Morgan fingerprint density at radius 2 is 1.81 bits per heavy atom. The first-order valence-corrected chi connectivity index (χ1v) is 13.2. The van der Waals surface area contributed by atoms with Gasteiger partial charge >= 0.3 is 5.97 Å². The normalized spacial score (nSPS) is 43.8. The predicted molar refractivity (Wildman–Crippen MR) is 136 cm³/mol. The van der Waals surface area contributed by atoms with E-state index in [1.807, 2.05) is 43.3 Å². The van der Waals surface area contributed by atoms with Crippen molar-refractivity contribution in [2.45, 2.75) is 89.1 Å². The summed E-state index contributed by atoms with van der Waals surface area (Å²) in [4.78, 5) is 25.9. The highest BCUT2D eigenvalue weighted by molar-refractivity contribution is 5.87. The molecular weight excluding hydrogens is 456 g/mol. The summed E-state index contributed by atoms with van der Waals surface area (Å²) in [5, 5.41) is 35.1. The number of carbonyl (C=O) groups excluding carboxylic acids is 2. The fraction of sp³-hybridized carbons (Fsp3) is 0.600. The molecule has 6 heteroatoms. The van der Waals surface area contributed by atoms with Gasteiger partial charge in [-0.3, -0.25) is 4.79 Å². The average Bonchev–Trinajstić information content (AvgIpc) is 3.14. The van der Waals surface area contributed by atoms with Crippen LogP contribution in [0, 0.1) is 22.7 Å². The largest absolute Gasteiger partial charge is 0.458 e. The summed E-state index contributed by atoms with van der Waals surface area (Å²) in [6.07, 6.45) is 7.15. The van der Waals surface area contributed by atoms with Gasteiger partial charge in [-0.15, -0.1) is 0 Å². The number of aliphatic hydroxyl groups is 3. The monoisotopic (exact) mass is 494 g/mol. The molecule has 36 heavy (non-hydrogen) atoms. The highest BCUT2D eigenvalue weighted by Crippen LogP contribution is 2.70. The van der Waals surface area contributed by atoms with E-state index in [0.29, 0.717) is 32.1 Å². The molecule has 0 heterocycles. The molecule has 5 rings (SSSR count). The maximum absolute atomic E-state index is 13.1. The van der Waals surface area contributed by atoms with Crippen LogP contribution in [0.5, 0.6) is 0 Å². The lowest BCUT2D eigenvalue weighted by Gasteiger charge is -2.66. The topological polar surface area (TPSA) is 104 Å². The maximum Gasteiger partial charge on any atom is 0.331 e. The van der Waals surface area contributed by atoms with Gasteiger partial charge in [0.1, 0.15) is 23.1 Å². The van der Waals surface area contributed by atoms with Crippen molar-refractivity contribution >= 4 is 17.8 Å². The van der Waals surface area contributed by atoms with Crippen molar-refractivity contribution in [2.75, 3.05) is 0 Å². The van der Waals surface area contributed by atoms with Crippen molar-refractivity contribution in [3.8, 4) is 0 Å². The molecule has 4 aliphatic carbocycles. The molecule has 3 fully saturated rings. The fourth-order valence-corrected chi connectivity index (χ4v) is 8.34. The van der Waals surface area contributed by atoms with E-state index in [1.165, 1.54) is 13.0 Å². The Labute approximate surface area is 213 Å². The lowest BCUT2D eigenvalue weighted by Crippen LogP contribution is -2.75. The molecule has 6 nitrogen and oxygen atoms in total. The van der Waals surface area contributed by atoms with Crippen LogP contribution in [0.25, 0.3) is 6.08 Å². The van der Waals surface area contributed by atoms with Crippen LogP contribution in [-0.4, -0.2) is 50.5 Å². The van der Waals surface area contributed by atoms with Crippen LogP contribution < -0.4 is 0 Å². The van der Waals surface area contributed by atoms with Crippen LogP contribution in [0.2, 0.25) is 0 Å². The number of hydrogen-bond acceptors (Lipinski definition) is 6. The summed E-state index contributed by atoms with van der Waals surface area (Å²) in [5.41, 5.74) is -2.60. The van der Waals surface area contributed by atoms with Crippen LogP contribution in [0.4, 0.5) is 0 Å². The van der Waals surface area contributed by atoms with Crippen molar-refractivity contribution in [2.24, 2.45) is 22.7 Å². The van der Waals surface area contributed by atoms with Crippen molar-refractivity contribution in [1.29, 1.82) is 0 Å². The van der Waals surface area contributed by atoms with Crippen molar-refractivity contribution < 1.29 is 29.6 Å². The second-order valence-corrected chi connectivity index (χ2v) is 12.0. The summed E-state index contributed by atoms with van der Waals surface area (Å²) < 4.78 is 6.10. The Balaban J connectivity index is 1.54. The van der Waals surface area contributed by atoms with Gasteiger partial charge in [0.05, 0.1) is 6.10 Å². The van der Waals surface area contributed by atoms with Crippen LogP contribution in [0.15, 0.2) is 48.1 Å². The zero-order valence-electron chi connectivity index (χ0n) is 21.4. The second kappa shape index (κ2) is 8.64. The van der Waals surface area contributed by atoms with Crippen molar-refractivity contribution in [3.63, 3.8) is 0 Å². The summed E-state index contributed by atoms with van der Waals surface area (Å²) in [6.45, 7) is 5.46. The van der Waals surface area contributed by atoms with Gasteiger partial charge in [0, 0.05) is 23.3 Å². The lowest BCUT2D eigenvalue weighted by molar-refractivity contribution is -0.299. The van der Waals surface area contributed by atoms with Crippen LogP contribution in [-0.2, 0) is 14.3 Å². The summed E-state index contributed by atoms with van der Waals surface area (Å²) in [6, 6.07) is 9.46. The van der Waals surface area contributed by atoms with Gasteiger partial charge in [-0.25, -0.2) is 4.79 Å². The zero-order valence-corrected chi connectivity index (χ0v) is 21.4. The Morgan fingerprint density at radius 3 is 2.50 bits per heavy atom. The Bertz CT molecular complexity index is 1110. The number of esters is 1. The van der Waals surface area contributed by atoms with E-state index in [-0.39, 0.29) is 24.5 Å². The standard InChI is InChI=1S/C30H38O6/c1-19(31)23-13-16-30(35)28(23,3)25(36-26(33)10-9-20-7-5-4-6-8-20)18-24-27(2)14-12-22(32)17-21(27)11-15-29(24,30)34/h4-11,22-25,32,34-35H,12-18H2,1-3H3/t22-,23-,24+,25+,27-,28-,29-,30+/m0/s1. The zero-order chi connectivity index (χ0) is 25.9. The molecule has 3 N–H and O–H groups in total. The van der Waals surface area contributed by atoms with Crippen LogP contribution in [0.3, 0.4) is 0 Å². The molecular formula is C30H38O6. The van der Waals surface area contributed by atoms with Gasteiger partial charge in [0.15, 0.2) is 0 Å². The smallest absolute Gasteiger partial charge is 0.331 e. The highest BCUT2D eigenvalue weighted by atomic mass is 16.5. The average molecular weight is 495 g/mol. The molecule has 0 bridgehead atoms. The number of carbonyl (C=O) groups is 2. The molecule has 0 amide bonds. The molecule has 0 unspecified atom stereocenters.